The largest absolute Gasteiger partial charge is 0.371 e. The fourth-order valence-electron chi connectivity index (χ4n) is 1.57. The van der Waals surface area contributed by atoms with Gasteiger partial charge in [0.15, 0.2) is 11.6 Å². The van der Waals surface area contributed by atoms with Crippen molar-refractivity contribution in [2.24, 2.45) is 0 Å². The third-order valence-electron chi connectivity index (χ3n) is 2.55. The lowest BCUT2D eigenvalue weighted by Crippen LogP contribution is -2.15. The monoisotopic (exact) mass is 313 g/mol. The number of rotatable bonds is 3. The number of nitrogens with one attached hydrogen (secondary N) is 2. The third-order valence-corrected chi connectivity index (χ3v) is 3.29. The number of hydrogen-bond donors (Lipinski definition) is 2. The van der Waals surface area contributed by atoms with E-state index in [0.29, 0.717) is 15.7 Å². The zero-order valence-corrected chi connectivity index (χ0v) is 11.9. The predicted molar refractivity (Wildman–Crippen MR) is 78.2 cm³/mol. The van der Waals surface area contributed by atoms with E-state index >= 15 is 0 Å². The van der Waals surface area contributed by atoms with Gasteiger partial charge in [-0.15, -0.1) is 0 Å². The summed E-state index contributed by atoms with van der Waals surface area (Å²) in [7, 11) is 1.52. The molecule has 0 saturated heterocycles. The minimum Gasteiger partial charge on any atom is -0.371 e. The third kappa shape index (κ3) is 3.00. The van der Waals surface area contributed by atoms with Gasteiger partial charge in [-0.25, -0.2) is 9.37 Å². The summed E-state index contributed by atoms with van der Waals surface area (Å²) in [6, 6.07) is 5.90. The molecule has 0 atom stereocenters. The van der Waals surface area contributed by atoms with Crippen molar-refractivity contribution < 1.29 is 9.18 Å². The van der Waals surface area contributed by atoms with E-state index in [1.54, 1.807) is 12.1 Å². The molecule has 0 spiro atoms. The Morgan fingerprint density at radius 3 is 2.65 bits per heavy atom. The highest BCUT2D eigenvalue weighted by Gasteiger charge is 2.15. The van der Waals surface area contributed by atoms with Gasteiger partial charge in [0.05, 0.1) is 15.6 Å². The van der Waals surface area contributed by atoms with Gasteiger partial charge in [0, 0.05) is 18.9 Å². The van der Waals surface area contributed by atoms with Crippen LogP contribution in [0.25, 0.3) is 0 Å². The second kappa shape index (κ2) is 6.07. The predicted octanol–water partition coefficient (Wildman–Crippen LogP) is 3.82. The molecule has 1 aromatic heterocycles. The Bertz CT molecular complexity index is 664. The lowest BCUT2D eigenvalue weighted by molar-refractivity contribution is 0.102. The van der Waals surface area contributed by atoms with Crippen LogP contribution in [-0.2, 0) is 0 Å². The molecule has 0 aliphatic carbocycles. The molecule has 4 nitrogen and oxygen atoms in total. The fraction of sp³-hybridized carbons (Fsp3) is 0.0769. The van der Waals surface area contributed by atoms with Crippen molar-refractivity contribution in [1.29, 1.82) is 0 Å². The maximum atomic E-state index is 13.9. The minimum absolute atomic E-state index is 0.00629. The lowest BCUT2D eigenvalue weighted by atomic mass is 10.2. The van der Waals surface area contributed by atoms with E-state index in [1.165, 1.54) is 25.4 Å². The fourth-order valence-corrected chi connectivity index (χ4v) is 1.86. The highest BCUT2D eigenvalue weighted by molar-refractivity contribution is 6.42. The van der Waals surface area contributed by atoms with E-state index in [4.69, 9.17) is 23.2 Å². The highest BCUT2D eigenvalue weighted by Crippen LogP contribution is 2.25. The second-order valence-corrected chi connectivity index (χ2v) is 4.67. The van der Waals surface area contributed by atoms with E-state index in [1.807, 2.05) is 0 Å². The van der Waals surface area contributed by atoms with Crippen LogP contribution >= 0.6 is 23.2 Å². The summed E-state index contributed by atoms with van der Waals surface area (Å²) in [5.41, 5.74) is 0.307. The molecule has 0 saturated carbocycles. The van der Waals surface area contributed by atoms with Gasteiger partial charge in [-0.1, -0.05) is 23.2 Å². The van der Waals surface area contributed by atoms with Gasteiger partial charge in [0.25, 0.3) is 5.91 Å². The number of hydrogen-bond acceptors (Lipinski definition) is 3. The molecule has 0 aliphatic rings. The summed E-state index contributed by atoms with van der Waals surface area (Å²) in [6.07, 6.45) is 1.35. The average molecular weight is 314 g/mol. The van der Waals surface area contributed by atoms with Crippen LogP contribution in [0.15, 0.2) is 30.5 Å². The number of amides is 1. The molecule has 1 amide bonds. The highest BCUT2D eigenvalue weighted by atomic mass is 35.5. The molecule has 2 N–H and O–H groups in total. The summed E-state index contributed by atoms with van der Waals surface area (Å²) >= 11 is 11.6. The molecule has 0 fully saturated rings. The van der Waals surface area contributed by atoms with Crippen molar-refractivity contribution in [2.75, 3.05) is 17.7 Å². The van der Waals surface area contributed by atoms with Crippen LogP contribution in [0.1, 0.15) is 10.4 Å². The zero-order valence-electron chi connectivity index (χ0n) is 10.4. The second-order valence-electron chi connectivity index (χ2n) is 3.85. The number of halogens is 3. The molecule has 104 valence electrons. The number of carbonyl (C=O) groups is 1. The van der Waals surface area contributed by atoms with Gasteiger partial charge in [-0.2, -0.15) is 0 Å². The smallest absolute Gasteiger partial charge is 0.258 e. The Morgan fingerprint density at radius 1 is 1.25 bits per heavy atom. The lowest BCUT2D eigenvalue weighted by Gasteiger charge is -2.08. The van der Waals surface area contributed by atoms with Gasteiger partial charge in [0.1, 0.15) is 0 Å². The Hall–Kier alpha value is -1.85. The molecular weight excluding hydrogens is 304 g/mol. The van der Waals surface area contributed by atoms with Gasteiger partial charge < -0.3 is 10.6 Å². The van der Waals surface area contributed by atoms with Crippen molar-refractivity contribution in [2.45, 2.75) is 0 Å². The standard InChI is InChI=1S/C13H10Cl2FN3O/c1-17-12-11(16)8(4-5-18-12)13(20)19-7-2-3-9(14)10(15)6-7/h2-6H,1H3,(H,17,18)(H,19,20). The summed E-state index contributed by atoms with van der Waals surface area (Å²) in [5.74, 6) is -1.31. The Morgan fingerprint density at radius 2 is 2.00 bits per heavy atom. The molecule has 1 heterocycles. The topological polar surface area (TPSA) is 54.0 Å². The van der Waals surface area contributed by atoms with Crippen molar-refractivity contribution in [3.05, 3.63) is 51.9 Å². The van der Waals surface area contributed by atoms with Gasteiger partial charge in [-0.05, 0) is 24.3 Å². The summed E-state index contributed by atoms with van der Waals surface area (Å²) in [5, 5.41) is 5.78. The zero-order chi connectivity index (χ0) is 14.7. The molecule has 0 bridgehead atoms. The van der Waals surface area contributed by atoms with Gasteiger partial charge in [0.2, 0.25) is 0 Å². The molecule has 2 rings (SSSR count). The van der Waals surface area contributed by atoms with Crippen molar-refractivity contribution in [1.82, 2.24) is 4.98 Å². The average Bonchev–Trinajstić information content (AvgIpc) is 2.43. The Kier molecular flexibility index (Phi) is 4.42. The van der Waals surface area contributed by atoms with E-state index in [-0.39, 0.29) is 11.4 Å². The first-order valence-electron chi connectivity index (χ1n) is 5.61. The quantitative estimate of drug-likeness (QED) is 0.905. The molecule has 7 heteroatoms. The van der Waals surface area contributed by atoms with Crippen LogP contribution in [0.3, 0.4) is 0 Å². The minimum atomic E-state index is -0.715. The molecule has 20 heavy (non-hydrogen) atoms. The molecule has 0 unspecified atom stereocenters. The van der Waals surface area contributed by atoms with Crippen LogP contribution in [0.2, 0.25) is 10.0 Å². The van der Waals surface area contributed by atoms with Crippen LogP contribution in [0.5, 0.6) is 0 Å². The maximum Gasteiger partial charge on any atom is 0.258 e. The van der Waals surface area contributed by atoms with Crippen LogP contribution in [-0.4, -0.2) is 17.9 Å². The maximum absolute atomic E-state index is 13.9. The first-order chi connectivity index (χ1) is 9.52. The van der Waals surface area contributed by atoms with Crippen LogP contribution < -0.4 is 10.6 Å². The number of anilines is 2. The van der Waals surface area contributed by atoms with E-state index < -0.39 is 11.7 Å². The van der Waals surface area contributed by atoms with E-state index in [0.717, 1.165) is 0 Å². The van der Waals surface area contributed by atoms with Crippen molar-refractivity contribution in [3.8, 4) is 0 Å². The van der Waals surface area contributed by atoms with E-state index in [9.17, 15) is 9.18 Å². The van der Waals surface area contributed by atoms with Gasteiger partial charge in [-0.3, -0.25) is 4.79 Å². The number of nitrogens with zero attached hydrogens (tertiary/aromatic N) is 1. The van der Waals surface area contributed by atoms with Crippen molar-refractivity contribution >= 4 is 40.6 Å². The number of pyridine rings is 1. The van der Waals surface area contributed by atoms with E-state index in [2.05, 4.69) is 15.6 Å². The summed E-state index contributed by atoms with van der Waals surface area (Å²) in [6.45, 7) is 0. The van der Waals surface area contributed by atoms with Crippen molar-refractivity contribution in [3.63, 3.8) is 0 Å². The number of carbonyl (C=O) groups excluding carboxylic acids is 1. The number of aromatic nitrogens is 1. The Balaban J connectivity index is 2.26. The summed E-state index contributed by atoms with van der Waals surface area (Å²) in [4.78, 5) is 15.8. The molecule has 1 aromatic carbocycles. The summed E-state index contributed by atoms with van der Waals surface area (Å²) < 4.78 is 13.9. The van der Waals surface area contributed by atoms with Crippen LogP contribution in [0, 0.1) is 5.82 Å². The number of benzene rings is 1. The first kappa shape index (κ1) is 14.6. The molecule has 0 radical (unpaired) electrons. The normalized spacial score (nSPS) is 10.2. The van der Waals surface area contributed by atoms with Gasteiger partial charge >= 0.3 is 0 Å². The molecule has 0 aliphatic heterocycles. The van der Waals surface area contributed by atoms with Crippen LogP contribution in [0.4, 0.5) is 15.9 Å². The molecule has 2 aromatic rings. The first-order valence-corrected chi connectivity index (χ1v) is 6.37. The SMILES string of the molecule is CNc1nccc(C(=O)Nc2ccc(Cl)c(Cl)c2)c1F. The molecular formula is C13H10Cl2FN3O. The Labute approximate surface area is 124 Å².